The van der Waals surface area contributed by atoms with E-state index in [1.165, 1.54) is 13.2 Å². The molecule has 2 aromatic rings. The van der Waals surface area contributed by atoms with Crippen LogP contribution in [0, 0.1) is 27.7 Å². The monoisotopic (exact) mass is 300 g/mol. The molecule has 1 aromatic carbocycles. The van der Waals surface area contributed by atoms with Crippen molar-refractivity contribution in [3.8, 4) is 17.4 Å². The normalized spacial score (nSPS) is 10.3. The van der Waals surface area contributed by atoms with Gasteiger partial charge in [-0.3, -0.25) is 10.1 Å². The first-order valence-corrected chi connectivity index (χ1v) is 5.44. The lowest BCUT2D eigenvalue weighted by Crippen LogP contribution is -2.00. The predicted octanol–water partition coefficient (Wildman–Crippen LogP) is 3.21. The molecule has 0 N–H and O–H groups in total. The zero-order valence-electron chi connectivity index (χ0n) is 10.5. The maximum absolute atomic E-state index is 13.4. The van der Waals surface area contributed by atoms with Gasteiger partial charge in [0.05, 0.1) is 12.0 Å². The number of ether oxygens (including phenoxy) is 2. The quantitative estimate of drug-likeness (QED) is 0.492. The van der Waals surface area contributed by atoms with Crippen LogP contribution >= 0.6 is 0 Å². The third-order valence-electron chi connectivity index (χ3n) is 2.42. The molecule has 1 aromatic heterocycles. The Morgan fingerprint density at radius 1 is 1.19 bits per heavy atom. The van der Waals surface area contributed by atoms with E-state index in [1.807, 2.05) is 0 Å². The standard InChI is InChI=1S/C12H7F3N2O4/c1-20-6-2-3-9(17(18)19)10(4-6)21-12-8(14)5-7(13)11(15)16-12/h2-5H,1H3. The second kappa shape index (κ2) is 5.65. The van der Waals surface area contributed by atoms with Gasteiger partial charge in [0, 0.05) is 18.2 Å². The molecule has 9 heteroatoms. The molecule has 110 valence electrons. The van der Waals surface area contributed by atoms with Crippen LogP contribution in [0.4, 0.5) is 18.9 Å². The number of aromatic nitrogens is 1. The molecule has 0 atom stereocenters. The van der Waals surface area contributed by atoms with Crippen LogP contribution in [0.5, 0.6) is 17.4 Å². The highest BCUT2D eigenvalue weighted by atomic mass is 19.2. The Kier molecular flexibility index (Phi) is 3.92. The van der Waals surface area contributed by atoms with Crippen molar-refractivity contribution in [3.05, 3.63) is 52.0 Å². The van der Waals surface area contributed by atoms with Crippen molar-refractivity contribution in [3.63, 3.8) is 0 Å². The number of hydrogen-bond acceptors (Lipinski definition) is 5. The topological polar surface area (TPSA) is 74.5 Å². The summed E-state index contributed by atoms with van der Waals surface area (Å²) in [7, 11) is 1.31. The van der Waals surface area contributed by atoms with E-state index in [0.717, 1.165) is 12.1 Å². The lowest BCUT2D eigenvalue weighted by molar-refractivity contribution is -0.385. The highest BCUT2D eigenvalue weighted by Gasteiger charge is 2.20. The number of nitrogens with zero attached hydrogens (tertiary/aromatic N) is 2. The van der Waals surface area contributed by atoms with Crippen molar-refractivity contribution in [2.75, 3.05) is 7.11 Å². The Bertz CT molecular complexity index is 709. The maximum Gasteiger partial charge on any atom is 0.311 e. The van der Waals surface area contributed by atoms with Gasteiger partial charge in [-0.15, -0.1) is 0 Å². The molecular weight excluding hydrogens is 293 g/mol. The minimum atomic E-state index is -1.59. The molecule has 0 aliphatic carbocycles. The van der Waals surface area contributed by atoms with Crippen LogP contribution in [0.2, 0.25) is 0 Å². The summed E-state index contributed by atoms with van der Waals surface area (Å²) < 4.78 is 48.9. The van der Waals surface area contributed by atoms with E-state index in [4.69, 9.17) is 9.47 Å². The molecule has 1 heterocycles. The van der Waals surface area contributed by atoms with Crippen LogP contribution in [0.15, 0.2) is 24.3 Å². The largest absolute Gasteiger partial charge is 0.497 e. The van der Waals surface area contributed by atoms with E-state index in [1.54, 1.807) is 0 Å². The maximum atomic E-state index is 13.4. The molecule has 0 unspecified atom stereocenters. The Balaban J connectivity index is 2.47. The molecule has 0 spiro atoms. The van der Waals surface area contributed by atoms with Crippen LogP contribution in [-0.4, -0.2) is 17.0 Å². The number of halogens is 3. The van der Waals surface area contributed by atoms with Crippen molar-refractivity contribution < 1.29 is 27.6 Å². The van der Waals surface area contributed by atoms with Gasteiger partial charge in [-0.25, -0.2) is 8.78 Å². The molecule has 0 bridgehead atoms. The van der Waals surface area contributed by atoms with E-state index in [-0.39, 0.29) is 11.8 Å². The van der Waals surface area contributed by atoms with E-state index >= 15 is 0 Å². The Hall–Kier alpha value is -2.84. The molecule has 0 amide bonds. The van der Waals surface area contributed by atoms with Gasteiger partial charge in [0.15, 0.2) is 11.6 Å². The van der Waals surface area contributed by atoms with Crippen LogP contribution in [0.25, 0.3) is 0 Å². The third kappa shape index (κ3) is 3.02. The number of nitro groups is 1. The Morgan fingerprint density at radius 3 is 2.52 bits per heavy atom. The number of pyridine rings is 1. The van der Waals surface area contributed by atoms with Gasteiger partial charge in [0.1, 0.15) is 5.75 Å². The van der Waals surface area contributed by atoms with E-state index in [0.29, 0.717) is 0 Å². The lowest BCUT2D eigenvalue weighted by Gasteiger charge is -2.08. The number of methoxy groups -OCH3 is 1. The van der Waals surface area contributed by atoms with Crippen LogP contribution in [0.1, 0.15) is 0 Å². The second-order valence-corrected chi connectivity index (χ2v) is 3.74. The molecule has 6 nitrogen and oxygen atoms in total. The summed E-state index contributed by atoms with van der Waals surface area (Å²) in [6, 6.07) is 3.68. The molecular formula is C12H7F3N2O4. The van der Waals surface area contributed by atoms with E-state index < -0.39 is 39.8 Å². The van der Waals surface area contributed by atoms with Crippen LogP contribution in [-0.2, 0) is 0 Å². The smallest absolute Gasteiger partial charge is 0.311 e. The molecule has 0 fully saturated rings. The molecule has 0 aliphatic rings. The van der Waals surface area contributed by atoms with Gasteiger partial charge in [-0.05, 0) is 6.07 Å². The lowest BCUT2D eigenvalue weighted by atomic mass is 10.3. The zero-order chi connectivity index (χ0) is 15.6. The summed E-state index contributed by atoms with van der Waals surface area (Å²) in [6.45, 7) is 0. The van der Waals surface area contributed by atoms with Gasteiger partial charge < -0.3 is 9.47 Å². The summed E-state index contributed by atoms with van der Waals surface area (Å²) in [5, 5.41) is 10.9. The number of hydrogen-bond donors (Lipinski definition) is 0. The molecule has 0 radical (unpaired) electrons. The second-order valence-electron chi connectivity index (χ2n) is 3.74. The van der Waals surface area contributed by atoms with Gasteiger partial charge >= 0.3 is 5.69 Å². The van der Waals surface area contributed by atoms with Gasteiger partial charge in [-0.1, -0.05) is 0 Å². The van der Waals surface area contributed by atoms with Crippen molar-refractivity contribution in [2.45, 2.75) is 0 Å². The van der Waals surface area contributed by atoms with Gasteiger partial charge in [0.25, 0.3) is 11.8 Å². The van der Waals surface area contributed by atoms with Crippen molar-refractivity contribution in [2.24, 2.45) is 0 Å². The number of nitro benzene ring substituents is 1. The first kappa shape index (κ1) is 14.6. The summed E-state index contributed by atoms with van der Waals surface area (Å²) in [5.74, 6) is -5.54. The van der Waals surface area contributed by atoms with E-state index in [9.17, 15) is 23.3 Å². The highest BCUT2D eigenvalue weighted by Crippen LogP contribution is 2.34. The Morgan fingerprint density at radius 2 is 1.90 bits per heavy atom. The van der Waals surface area contributed by atoms with Crippen molar-refractivity contribution in [1.82, 2.24) is 4.98 Å². The summed E-state index contributed by atoms with van der Waals surface area (Å²) in [6.07, 6.45) is 0. The molecule has 0 saturated heterocycles. The van der Waals surface area contributed by atoms with Crippen molar-refractivity contribution in [1.29, 1.82) is 0 Å². The summed E-state index contributed by atoms with van der Waals surface area (Å²) in [4.78, 5) is 13.0. The summed E-state index contributed by atoms with van der Waals surface area (Å²) >= 11 is 0. The fourth-order valence-electron chi connectivity index (χ4n) is 1.46. The Labute approximate surface area is 115 Å². The third-order valence-corrected chi connectivity index (χ3v) is 2.42. The number of benzene rings is 1. The summed E-state index contributed by atoms with van der Waals surface area (Å²) in [5.41, 5.74) is -0.512. The fourth-order valence-corrected chi connectivity index (χ4v) is 1.46. The van der Waals surface area contributed by atoms with Crippen LogP contribution < -0.4 is 9.47 Å². The highest BCUT2D eigenvalue weighted by molar-refractivity contribution is 5.51. The first-order valence-electron chi connectivity index (χ1n) is 5.44. The molecule has 0 aliphatic heterocycles. The fraction of sp³-hybridized carbons (Fsp3) is 0.0833. The number of rotatable bonds is 4. The SMILES string of the molecule is COc1ccc([N+](=O)[O-])c(Oc2nc(F)c(F)cc2F)c1. The minimum absolute atomic E-state index is 0.193. The minimum Gasteiger partial charge on any atom is -0.497 e. The van der Waals surface area contributed by atoms with Crippen molar-refractivity contribution >= 4 is 5.69 Å². The van der Waals surface area contributed by atoms with Crippen LogP contribution in [0.3, 0.4) is 0 Å². The predicted molar refractivity (Wildman–Crippen MR) is 63.8 cm³/mol. The molecule has 2 rings (SSSR count). The van der Waals surface area contributed by atoms with Gasteiger partial charge in [-0.2, -0.15) is 9.37 Å². The van der Waals surface area contributed by atoms with E-state index in [2.05, 4.69) is 4.98 Å². The molecule has 21 heavy (non-hydrogen) atoms. The first-order chi connectivity index (χ1) is 9.92. The van der Waals surface area contributed by atoms with Gasteiger partial charge in [0.2, 0.25) is 5.75 Å². The average molecular weight is 300 g/mol. The molecule has 0 saturated carbocycles. The zero-order valence-corrected chi connectivity index (χ0v) is 10.5. The average Bonchev–Trinajstić information content (AvgIpc) is 2.44.